The van der Waals surface area contributed by atoms with Gasteiger partial charge in [0.2, 0.25) is 5.91 Å². The molecule has 1 N–H and O–H groups in total. The molecule has 130 valence electrons. The van der Waals surface area contributed by atoms with Gasteiger partial charge in [-0.25, -0.2) is 4.79 Å². The van der Waals surface area contributed by atoms with Crippen LogP contribution in [0.5, 0.6) is 0 Å². The Bertz CT molecular complexity index is 814. The summed E-state index contributed by atoms with van der Waals surface area (Å²) >= 11 is 9.35. The van der Waals surface area contributed by atoms with Gasteiger partial charge in [-0.15, -0.1) is 0 Å². The average molecular weight is 423 g/mol. The van der Waals surface area contributed by atoms with Crippen LogP contribution in [0.4, 0.5) is 16.2 Å². The number of piperazine rings is 1. The lowest BCUT2D eigenvalue weighted by Crippen LogP contribution is -2.58. The lowest BCUT2D eigenvalue weighted by molar-refractivity contribution is -0.123. The normalized spacial score (nSPS) is 17.6. The molecule has 0 unspecified atom stereocenters. The van der Waals surface area contributed by atoms with E-state index >= 15 is 0 Å². The molecule has 0 radical (unpaired) electrons. The Kier molecular flexibility index (Phi) is 5.30. The first kappa shape index (κ1) is 17.8. The standard InChI is InChI=1S/C18H17BrClN3O2/c1-12-17(24)23(16-7-2-4-13(19)10-16)9-8-22(12)18(25)21-15-6-3-5-14(20)11-15/h2-7,10-12H,8-9H2,1H3,(H,21,25)/t12-/m0/s1. The van der Waals surface area contributed by atoms with E-state index in [2.05, 4.69) is 21.2 Å². The van der Waals surface area contributed by atoms with Gasteiger partial charge in [-0.1, -0.05) is 39.7 Å². The Morgan fingerprint density at radius 2 is 1.96 bits per heavy atom. The van der Waals surface area contributed by atoms with Crippen molar-refractivity contribution in [1.29, 1.82) is 0 Å². The van der Waals surface area contributed by atoms with Gasteiger partial charge in [0.05, 0.1) is 0 Å². The number of benzene rings is 2. The summed E-state index contributed by atoms with van der Waals surface area (Å²) in [6, 6.07) is 13.6. The van der Waals surface area contributed by atoms with Gasteiger partial charge < -0.3 is 15.1 Å². The maximum Gasteiger partial charge on any atom is 0.322 e. The van der Waals surface area contributed by atoms with Crippen LogP contribution in [0.1, 0.15) is 6.92 Å². The van der Waals surface area contributed by atoms with Crippen molar-refractivity contribution in [2.24, 2.45) is 0 Å². The summed E-state index contributed by atoms with van der Waals surface area (Å²) in [7, 11) is 0. The van der Waals surface area contributed by atoms with Gasteiger partial charge in [-0.05, 0) is 43.3 Å². The Morgan fingerprint density at radius 3 is 2.68 bits per heavy atom. The lowest BCUT2D eigenvalue weighted by atomic mass is 10.1. The third kappa shape index (κ3) is 3.96. The van der Waals surface area contributed by atoms with E-state index < -0.39 is 6.04 Å². The summed E-state index contributed by atoms with van der Waals surface area (Å²) in [4.78, 5) is 28.5. The highest BCUT2D eigenvalue weighted by molar-refractivity contribution is 9.10. The van der Waals surface area contributed by atoms with Crippen molar-refractivity contribution in [3.05, 3.63) is 58.0 Å². The number of anilines is 2. The van der Waals surface area contributed by atoms with Crippen LogP contribution >= 0.6 is 27.5 Å². The number of carbonyl (C=O) groups excluding carboxylic acids is 2. The molecule has 1 heterocycles. The minimum Gasteiger partial charge on any atom is -0.311 e. The molecule has 1 aliphatic rings. The Balaban J connectivity index is 1.72. The largest absolute Gasteiger partial charge is 0.322 e. The third-order valence-corrected chi connectivity index (χ3v) is 4.84. The van der Waals surface area contributed by atoms with E-state index in [0.717, 1.165) is 10.2 Å². The molecule has 1 fully saturated rings. The van der Waals surface area contributed by atoms with Crippen LogP contribution in [0.3, 0.4) is 0 Å². The first-order valence-corrected chi connectivity index (χ1v) is 9.03. The fourth-order valence-corrected chi connectivity index (χ4v) is 3.39. The van der Waals surface area contributed by atoms with E-state index in [-0.39, 0.29) is 11.9 Å². The van der Waals surface area contributed by atoms with Crippen molar-refractivity contribution < 1.29 is 9.59 Å². The third-order valence-electron chi connectivity index (χ3n) is 4.11. The van der Waals surface area contributed by atoms with E-state index in [1.807, 2.05) is 24.3 Å². The highest BCUT2D eigenvalue weighted by Crippen LogP contribution is 2.24. The maximum absolute atomic E-state index is 12.7. The van der Waals surface area contributed by atoms with Gasteiger partial charge in [0.25, 0.3) is 0 Å². The van der Waals surface area contributed by atoms with Crippen molar-refractivity contribution in [2.45, 2.75) is 13.0 Å². The van der Waals surface area contributed by atoms with E-state index in [9.17, 15) is 9.59 Å². The van der Waals surface area contributed by atoms with E-state index in [1.165, 1.54) is 4.90 Å². The molecular weight excluding hydrogens is 406 g/mol. The van der Waals surface area contributed by atoms with Crippen molar-refractivity contribution in [3.63, 3.8) is 0 Å². The lowest BCUT2D eigenvalue weighted by Gasteiger charge is -2.39. The summed E-state index contributed by atoms with van der Waals surface area (Å²) in [6.07, 6.45) is 0. The number of hydrogen-bond donors (Lipinski definition) is 1. The van der Waals surface area contributed by atoms with Gasteiger partial charge in [0, 0.05) is 34.0 Å². The number of nitrogens with zero attached hydrogens (tertiary/aromatic N) is 2. The summed E-state index contributed by atoms with van der Waals surface area (Å²) in [5.74, 6) is -0.106. The number of rotatable bonds is 2. The molecule has 2 aromatic rings. The second-order valence-corrected chi connectivity index (χ2v) is 7.13. The molecule has 1 aliphatic heterocycles. The van der Waals surface area contributed by atoms with Crippen molar-refractivity contribution in [1.82, 2.24) is 4.90 Å². The summed E-state index contributed by atoms with van der Waals surface area (Å²) in [5, 5.41) is 3.33. The smallest absolute Gasteiger partial charge is 0.311 e. The van der Waals surface area contributed by atoms with Gasteiger partial charge >= 0.3 is 6.03 Å². The molecule has 1 saturated heterocycles. The van der Waals surface area contributed by atoms with Crippen molar-refractivity contribution in [3.8, 4) is 0 Å². The second kappa shape index (κ2) is 7.45. The average Bonchev–Trinajstić information content (AvgIpc) is 2.57. The Labute approximate surface area is 159 Å². The fourth-order valence-electron chi connectivity index (χ4n) is 2.81. The number of nitrogens with one attached hydrogen (secondary N) is 1. The van der Waals surface area contributed by atoms with E-state index in [4.69, 9.17) is 11.6 Å². The first-order valence-electron chi connectivity index (χ1n) is 7.86. The number of urea groups is 1. The number of hydrogen-bond acceptors (Lipinski definition) is 2. The highest BCUT2D eigenvalue weighted by Gasteiger charge is 2.35. The van der Waals surface area contributed by atoms with Crippen LogP contribution in [0, 0.1) is 0 Å². The Morgan fingerprint density at radius 1 is 1.20 bits per heavy atom. The molecular formula is C18H17BrClN3O2. The minimum absolute atomic E-state index is 0.106. The number of carbonyl (C=O) groups is 2. The van der Waals surface area contributed by atoms with Crippen molar-refractivity contribution >= 4 is 50.8 Å². The molecule has 1 atom stereocenters. The van der Waals surface area contributed by atoms with Gasteiger partial charge in [-0.3, -0.25) is 4.79 Å². The molecule has 3 rings (SSSR count). The first-order chi connectivity index (χ1) is 12.0. The van der Waals surface area contributed by atoms with Crippen LogP contribution < -0.4 is 10.2 Å². The molecule has 0 bridgehead atoms. The maximum atomic E-state index is 12.7. The fraction of sp³-hybridized carbons (Fsp3) is 0.222. The van der Waals surface area contributed by atoms with Crippen LogP contribution in [0.15, 0.2) is 53.0 Å². The zero-order valence-corrected chi connectivity index (χ0v) is 15.9. The molecule has 25 heavy (non-hydrogen) atoms. The quantitative estimate of drug-likeness (QED) is 0.781. The predicted molar refractivity (Wildman–Crippen MR) is 103 cm³/mol. The molecule has 2 aromatic carbocycles. The van der Waals surface area contributed by atoms with Gasteiger partial charge in [0.1, 0.15) is 6.04 Å². The van der Waals surface area contributed by atoms with Crippen LogP contribution in [-0.4, -0.2) is 36.0 Å². The molecule has 7 heteroatoms. The van der Waals surface area contributed by atoms with E-state index in [0.29, 0.717) is 23.8 Å². The molecule has 5 nitrogen and oxygen atoms in total. The second-order valence-electron chi connectivity index (χ2n) is 5.78. The minimum atomic E-state index is -0.549. The zero-order chi connectivity index (χ0) is 18.0. The SMILES string of the molecule is C[C@H]1C(=O)N(c2cccc(Br)c2)CCN1C(=O)Nc1cccc(Cl)c1. The monoisotopic (exact) mass is 421 g/mol. The molecule has 0 aliphatic carbocycles. The van der Waals surface area contributed by atoms with Gasteiger partial charge in [0.15, 0.2) is 0 Å². The molecule has 3 amide bonds. The van der Waals surface area contributed by atoms with E-state index in [1.54, 1.807) is 36.1 Å². The summed E-state index contributed by atoms with van der Waals surface area (Å²) in [5.41, 5.74) is 1.42. The van der Waals surface area contributed by atoms with Crippen LogP contribution in [0.25, 0.3) is 0 Å². The van der Waals surface area contributed by atoms with Gasteiger partial charge in [-0.2, -0.15) is 0 Å². The van der Waals surface area contributed by atoms with Crippen molar-refractivity contribution in [2.75, 3.05) is 23.3 Å². The van der Waals surface area contributed by atoms with Crippen LogP contribution in [0.2, 0.25) is 5.02 Å². The molecule has 0 aromatic heterocycles. The molecule has 0 saturated carbocycles. The van der Waals surface area contributed by atoms with Crippen LogP contribution in [-0.2, 0) is 4.79 Å². The summed E-state index contributed by atoms with van der Waals surface area (Å²) < 4.78 is 0.909. The zero-order valence-electron chi connectivity index (χ0n) is 13.6. The predicted octanol–water partition coefficient (Wildman–Crippen LogP) is 4.37. The highest BCUT2D eigenvalue weighted by atomic mass is 79.9. The number of amides is 3. The topological polar surface area (TPSA) is 52.7 Å². The molecule has 0 spiro atoms. The number of halogens is 2. The Hall–Kier alpha value is -2.05. The summed E-state index contributed by atoms with van der Waals surface area (Å²) in [6.45, 7) is 2.64.